The van der Waals surface area contributed by atoms with Gasteiger partial charge in [0, 0.05) is 13.1 Å². The summed E-state index contributed by atoms with van der Waals surface area (Å²) < 4.78 is 43.5. The quantitative estimate of drug-likeness (QED) is 0.842. The Morgan fingerprint density at radius 3 is 2.67 bits per heavy atom. The molecule has 2 heterocycles. The molecule has 0 aliphatic heterocycles. The van der Waals surface area contributed by atoms with Crippen LogP contribution in [0, 0.1) is 0 Å². The fourth-order valence-corrected chi connectivity index (χ4v) is 1.36. The molecule has 0 aromatic carbocycles. The summed E-state index contributed by atoms with van der Waals surface area (Å²) in [5, 5.41) is 6.18. The molecule has 0 aliphatic carbocycles. The van der Waals surface area contributed by atoms with E-state index < -0.39 is 18.0 Å². The van der Waals surface area contributed by atoms with Crippen LogP contribution in [0.15, 0.2) is 12.4 Å². The second kappa shape index (κ2) is 5.34. The van der Waals surface area contributed by atoms with Gasteiger partial charge < -0.3 is 10.1 Å². The van der Waals surface area contributed by atoms with Gasteiger partial charge in [0.15, 0.2) is 5.82 Å². The highest BCUT2D eigenvalue weighted by Crippen LogP contribution is 2.27. The zero-order valence-corrected chi connectivity index (χ0v) is 10.8. The third-order valence-corrected chi connectivity index (χ3v) is 2.32. The number of carbonyl (C=O) groups excluding carboxylic acids is 1. The van der Waals surface area contributed by atoms with Crippen molar-refractivity contribution in [1.29, 1.82) is 0 Å². The van der Waals surface area contributed by atoms with Crippen molar-refractivity contribution in [2.24, 2.45) is 0 Å². The van der Waals surface area contributed by atoms with Crippen LogP contribution in [-0.2, 0) is 10.9 Å². The summed E-state index contributed by atoms with van der Waals surface area (Å²) in [6, 6.07) is 1.23. The largest absolute Gasteiger partial charge is 0.463 e. The van der Waals surface area contributed by atoms with Crippen LogP contribution in [0.5, 0.6) is 0 Å². The number of esters is 1. The first-order valence-electron chi connectivity index (χ1n) is 5.49. The first kappa shape index (κ1) is 14.7. The molecule has 2 rings (SSSR count). The number of carbonyl (C=O) groups is 1. The molecule has 0 radical (unpaired) electrons. The molecule has 2 aromatic rings. The average Bonchev–Trinajstić information content (AvgIpc) is 2.94. The van der Waals surface area contributed by atoms with Crippen molar-refractivity contribution in [3.8, 4) is 5.82 Å². The van der Waals surface area contributed by atoms with Crippen molar-refractivity contribution in [2.45, 2.75) is 6.18 Å². The van der Waals surface area contributed by atoms with Gasteiger partial charge in [0.25, 0.3) is 5.82 Å². The van der Waals surface area contributed by atoms with E-state index in [0.29, 0.717) is 0 Å². The maximum atomic E-state index is 12.7. The molecule has 21 heavy (non-hydrogen) atoms. The summed E-state index contributed by atoms with van der Waals surface area (Å²) in [4.78, 5) is 21.5. The molecule has 0 aliphatic rings. The molecule has 8 nitrogen and oxygen atoms in total. The lowest BCUT2D eigenvalue weighted by atomic mass is 10.4. The fraction of sp³-hybridized carbons (Fsp3) is 0.300. The summed E-state index contributed by atoms with van der Waals surface area (Å²) >= 11 is 0. The Morgan fingerprint density at radius 1 is 1.38 bits per heavy atom. The van der Waals surface area contributed by atoms with E-state index in [1.54, 1.807) is 0 Å². The highest BCUT2D eigenvalue weighted by Gasteiger charge is 2.35. The van der Waals surface area contributed by atoms with Crippen LogP contribution in [0.2, 0.25) is 0 Å². The number of halogens is 3. The van der Waals surface area contributed by atoms with Crippen LogP contribution in [-0.4, -0.2) is 44.9 Å². The van der Waals surface area contributed by atoms with Gasteiger partial charge in [0.1, 0.15) is 12.1 Å². The number of methoxy groups -OCH3 is 1. The van der Waals surface area contributed by atoms with E-state index in [2.05, 4.69) is 30.1 Å². The van der Waals surface area contributed by atoms with Gasteiger partial charge in [-0.25, -0.2) is 24.4 Å². The molecule has 0 amide bonds. The van der Waals surface area contributed by atoms with Gasteiger partial charge in [0.2, 0.25) is 5.82 Å². The third kappa shape index (κ3) is 3.07. The highest BCUT2D eigenvalue weighted by atomic mass is 19.4. The van der Waals surface area contributed by atoms with Crippen molar-refractivity contribution in [1.82, 2.24) is 24.7 Å². The van der Waals surface area contributed by atoms with E-state index in [1.807, 2.05) is 0 Å². The van der Waals surface area contributed by atoms with Gasteiger partial charge in [-0.2, -0.15) is 13.2 Å². The molecule has 0 atom stereocenters. The topological polar surface area (TPSA) is 94.8 Å². The smallest absolute Gasteiger partial charge is 0.451 e. The highest BCUT2D eigenvalue weighted by molar-refractivity contribution is 5.84. The Labute approximate surface area is 116 Å². The minimum Gasteiger partial charge on any atom is -0.463 e. The molecular weight excluding hydrogens is 293 g/mol. The van der Waals surface area contributed by atoms with E-state index in [0.717, 1.165) is 18.1 Å². The first-order valence-corrected chi connectivity index (χ1v) is 5.49. The minimum absolute atomic E-state index is 0.0533. The van der Waals surface area contributed by atoms with Crippen molar-refractivity contribution < 1.29 is 22.7 Å². The van der Waals surface area contributed by atoms with Gasteiger partial charge >= 0.3 is 12.1 Å². The monoisotopic (exact) mass is 302 g/mol. The SMILES string of the molecule is CNc1cc(-n2cnc(C(=O)OC)n2)nc(C(F)(F)F)n1. The van der Waals surface area contributed by atoms with Gasteiger partial charge in [-0.3, -0.25) is 0 Å². The van der Waals surface area contributed by atoms with E-state index in [9.17, 15) is 18.0 Å². The lowest BCUT2D eigenvalue weighted by Crippen LogP contribution is -2.15. The van der Waals surface area contributed by atoms with Crippen molar-refractivity contribution >= 4 is 11.8 Å². The van der Waals surface area contributed by atoms with Crippen LogP contribution in [0.3, 0.4) is 0 Å². The summed E-state index contributed by atoms with van der Waals surface area (Å²) in [7, 11) is 2.54. The van der Waals surface area contributed by atoms with Crippen LogP contribution in [0.25, 0.3) is 5.82 Å². The minimum atomic E-state index is -4.71. The van der Waals surface area contributed by atoms with Crippen molar-refractivity contribution in [2.75, 3.05) is 19.5 Å². The molecule has 1 N–H and O–H groups in total. The molecule has 112 valence electrons. The second-order valence-electron chi connectivity index (χ2n) is 3.69. The molecule has 11 heteroatoms. The molecule has 0 spiro atoms. The lowest BCUT2D eigenvalue weighted by Gasteiger charge is -2.09. The van der Waals surface area contributed by atoms with Crippen LogP contribution < -0.4 is 5.32 Å². The summed E-state index contributed by atoms with van der Waals surface area (Å²) in [6.07, 6.45) is -3.67. The summed E-state index contributed by atoms with van der Waals surface area (Å²) in [5.41, 5.74) is 0. The normalized spacial score (nSPS) is 11.3. The number of nitrogens with zero attached hydrogens (tertiary/aromatic N) is 5. The molecule has 0 fully saturated rings. The standard InChI is InChI=1S/C10H9F3N6O2/c1-14-5-3-6(17-9(16-5)10(11,12)13)19-4-15-7(18-19)8(20)21-2/h3-4H,1-2H3,(H,14,16,17). The van der Waals surface area contributed by atoms with Gasteiger partial charge in [0.05, 0.1) is 7.11 Å². The van der Waals surface area contributed by atoms with Crippen LogP contribution >= 0.6 is 0 Å². The van der Waals surface area contributed by atoms with Crippen LogP contribution in [0.4, 0.5) is 19.0 Å². The fourth-order valence-electron chi connectivity index (χ4n) is 1.36. The zero-order chi connectivity index (χ0) is 15.6. The Morgan fingerprint density at radius 2 is 2.10 bits per heavy atom. The van der Waals surface area contributed by atoms with E-state index in [1.165, 1.54) is 13.1 Å². The maximum absolute atomic E-state index is 12.7. The molecule has 0 saturated carbocycles. The predicted octanol–water partition coefficient (Wildman–Crippen LogP) is 0.904. The second-order valence-corrected chi connectivity index (χ2v) is 3.69. The number of rotatable bonds is 3. The third-order valence-electron chi connectivity index (χ3n) is 2.32. The van der Waals surface area contributed by atoms with Gasteiger partial charge in [-0.1, -0.05) is 0 Å². The molecule has 0 unspecified atom stereocenters. The molecular formula is C10H9F3N6O2. The molecule has 2 aromatic heterocycles. The zero-order valence-electron chi connectivity index (χ0n) is 10.8. The van der Waals surface area contributed by atoms with Gasteiger partial charge in [-0.15, -0.1) is 5.10 Å². The van der Waals surface area contributed by atoms with Crippen molar-refractivity contribution in [3.05, 3.63) is 24.0 Å². The lowest BCUT2D eigenvalue weighted by molar-refractivity contribution is -0.144. The summed E-state index contributed by atoms with van der Waals surface area (Å²) in [6.45, 7) is 0. The first-order chi connectivity index (χ1) is 9.85. The Balaban J connectivity index is 2.48. The molecule has 0 bridgehead atoms. The Bertz CT molecular complexity index is 669. The Hall–Kier alpha value is -2.72. The van der Waals surface area contributed by atoms with Crippen molar-refractivity contribution in [3.63, 3.8) is 0 Å². The van der Waals surface area contributed by atoms with E-state index in [4.69, 9.17) is 0 Å². The van der Waals surface area contributed by atoms with Crippen LogP contribution in [0.1, 0.15) is 16.4 Å². The Kier molecular flexibility index (Phi) is 3.74. The number of anilines is 1. The number of hydrogen-bond acceptors (Lipinski definition) is 7. The van der Waals surface area contributed by atoms with E-state index in [-0.39, 0.29) is 17.5 Å². The average molecular weight is 302 g/mol. The molecule has 0 saturated heterocycles. The number of nitrogens with one attached hydrogen (secondary N) is 1. The predicted molar refractivity (Wildman–Crippen MR) is 62.8 cm³/mol. The van der Waals surface area contributed by atoms with E-state index >= 15 is 0 Å². The number of hydrogen-bond donors (Lipinski definition) is 1. The number of ether oxygens (including phenoxy) is 1. The number of alkyl halides is 3. The summed E-state index contributed by atoms with van der Waals surface area (Å²) in [5.74, 6) is -2.69. The number of aromatic nitrogens is 5. The maximum Gasteiger partial charge on any atom is 0.451 e. The van der Waals surface area contributed by atoms with Gasteiger partial charge in [-0.05, 0) is 0 Å².